The van der Waals surface area contributed by atoms with Crippen molar-refractivity contribution in [2.45, 2.75) is 39.7 Å². The molecule has 0 aromatic heterocycles. The third-order valence-electron chi connectivity index (χ3n) is 2.76. The molecule has 0 radical (unpaired) electrons. The molecule has 20 heavy (non-hydrogen) atoms. The van der Waals surface area contributed by atoms with Gasteiger partial charge in [-0.3, -0.25) is 4.79 Å². The van der Waals surface area contributed by atoms with Gasteiger partial charge in [-0.1, -0.05) is 32.4 Å². The SMILES string of the molecule is COc1cc(NC(=O)CC(N)CC(C)(C)C)ccc1Cl. The van der Waals surface area contributed by atoms with Crippen LogP contribution >= 0.6 is 11.6 Å². The van der Waals surface area contributed by atoms with Gasteiger partial charge in [-0.15, -0.1) is 0 Å². The van der Waals surface area contributed by atoms with Gasteiger partial charge < -0.3 is 15.8 Å². The lowest BCUT2D eigenvalue weighted by Crippen LogP contribution is -2.31. The van der Waals surface area contributed by atoms with Crippen molar-refractivity contribution in [3.8, 4) is 5.75 Å². The van der Waals surface area contributed by atoms with E-state index in [1.165, 1.54) is 7.11 Å². The number of carbonyl (C=O) groups excluding carboxylic acids is 1. The number of methoxy groups -OCH3 is 1. The first-order valence-corrected chi connectivity index (χ1v) is 6.98. The van der Waals surface area contributed by atoms with Crippen molar-refractivity contribution in [3.63, 3.8) is 0 Å². The Bertz CT molecular complexity index is 469. The van der Waals surface area contributed by atoms with E-state index in [2.05, 4.69) is 26.1 Å². The second-order valence-corrected chi connectivity index (χ2v) is 6.53. The number of hydrogen-bond acceptors (Lipinski definition) is 3. The minimum Gasteiger partial charge on any atom is -0.495 e. The highest BCUT2D eigenvalue weighted by Gasteiger charge is 2.18. The fraction of sp³-hybridized carbons (Fsp3) is 0.533. The molecule has 0 saturated carbocycles. The van der Waals surface area contributed by atoms with E-state index in [1.807, 2.05) is 0 Å². The quantitative estimate of drug-likeness (QED) is 0.875. The monoisotopic (exact) mass is 298 g/mol. The Labute approximate surface area is 125 Å². The second kappa shape index (κ2) is 6.95. The van der Waals surface area contributed by atoms with Crippen molar-refractivity contribution in [2.24, 2.45) is 11.1 Å². The molecule has 1 aromatic rings. The maximum atomic E-state index is 11.9. The van der Waals surface area contributed by atoms with Crippen LogP contribution in [0.1, 0.15) is 33.6 Å². The Morgan fingerprint density at radius 3 is 2.65 bits per heavy atom. The number of benzene rings is 1. The molecular weight excluding hydrogens is 276 g/mol. The van der Waals surface area contributed by atoms with Gasteiger partial charge in [0.25, 0.3) is 0 Å². The summed E-state index contributed by atoms with van der Waals surface area (Å²) >= 11 is 5.93. The molecule has 0 aliphatic heterocycles. The number of halogens is 1. The van der Waals surface area contributed by atoms with Crippen LogP contribution in [0.2, 0.25) is 5.02 Å². The molecular formula is C15H23ClN2O2. The van der Waals surface area contributed by atoms with E-state index < -0.39 is 0 Å². The van der Waals surface area contributed by atoms with Crippen LogP contribution in [0.15, 0.2) is 18.2 Å². The highest BCUT2D eigenvalue weighted by Crippen LogP contribution is 2.27. The zero-order valence-electron chi connectivity index (χ0n) is 12.5. The Hall–Kier alpha value is -1.26. The number of nitrogens with one attached hydrogen (secondary N) is 1. The summed E-state index contributed by atoms with van der Waals surface area (Å²) in [6.07, 6.45) is 1.09. The van der Waals surface area contributed by atoms with Gasteiger partial charge in [0.05, 0.1) is 12.1 Å². The van der Waals surface area contributed by atoms with Crippen LogP contribution in [-0.4, -0.2) is 19.1 Å². The van der Waals surface area contributed by atoms with Crippen LogP contribution in [-0.2, 0) is 4.79 Å². The number of rotatable bonds is 5. The molecule has 0 fully saturated rings. The van der Waals surface area contributed by atoms with E-state index in [4.69, 9.17) is 22.1 Å². The summed E-state index contributed by atoms with van der Waals surface area (Å²) in [5.74, 6) is 0.426. The van der Waals surface area contributed by atoms with Gasteiger partial charge >= 0.3 is 0 Å². The van der Waals surface area contributed by atoms with Gasteiger partial charge in [-0.2, -0.15) is 0 Å². The number of nitrogens with two attached hydrogens (primary N) is 1. The van der Waals surface area contributed by atoms with E-state index in [0.717, 1.165) is 6.42 Å². The van der Waals surface area contributed by atoms with Crippen molar-refractivity contribution in [2.75, 3.05) is 12.4 Å². The van der Waals surface area contributed by atoms with Crippen LogP contribution in [0.5, 0.6) is 5.75 Å². The summed E-state index contributed by atoms with van der Waals surface area (Å²) in [7, 11) is 1.53. The first kappa shape index (κ1) is 16.8. The predicted molar refractivity (Wildman–Crippen MR) is 83.3 cm³/mol. The molecule has 0 spiro atoms. The summed E-state index contributed by atoms with van der Waals surface area (Å²) < 4.78 is 5.11. The van der Waals surface area contributed by atoms with Crippen molar-refractivity contribution >= 4 is 23.2 Å². The normalized spacial score (nSPS) is 12.9. The molecule has 1 rings (SSSR count). The third kappa shape index (κ3) is 5.80. The molecule has 5 heteroatoms. The molecule has 1 atom stereocenters. The van der Waals surface area contributed by atoms with Gasteiger partial charge in [-0.05, 0) is 24.0 Å². The lowest BCUT2D eigenvalue weighted by molar-refractivity contribution is -0.116. The first-order chi connectivity index (χ1) is 9.21. The number of ether oxygens (including phenoxy) is 1. The summed E-state index contributed by atoms with van der Waals surface area (Å²) in [4.78, 5) is 11.9. The molecule has 0 heterocycles. The van der Waals surface area contributed by atoms with E-state index in [9.17, 15) is 4.79 Å². The van der Waals surface area contributed by atoms with E-state index in [0.29, 0.717) is 22.9 Å². The highest BCUT2D eigenvalue weighted by atomic mass is 35.5. The van der Waals surface area contributed by atoms with Crippen LogP contribution in [0.3, 0.4) is 0 Å². The van der Waals surface area contributed by atoms with Crippen LogP contribution in [0.4, 0.5) is 5.69 Å². The summed E-state index contributed by atoms with van der Waals surface area (Å²) in [5.41, 5.74) is 6.75. The third-order valence-corrected chi connectivity index (χ3v) is 3.07. The van der Waals surface area contributed by atoms with Crippen LogP contribution < -0.4 is 15.8 Å². The molecule has 0 aliphatic rings. The van der Waals surface area contributed by atoms with E-state index in [-0.39, 0.29) is 17.4 Å². The molecule has 1 unspecified atom stereocenters. The predicted octanol–water partition coefficient (Wildman–Crippen LogP) is 3.44. The zero-order valence-corrected chi connectivity index (χ0v) is 13.3. The van der Waals surface area contributed by atoms with Gasteiger partial charge in [0.2, 0.25) is 5.91 Å². The molecule has 4 nitrogen and oxygen atoms in total. The Morgan fingerprint density at radius 2 is 2.10 bits per heavy atom. The summed E-state index contributed by atoms with van der Waals surface area (Å²) in [6.45, 7) is 6.32. The summed E-state index contributed by atoms with van der Waals surface area (Å²) in [5, 5.41) is 3.31. The van der Waals surface area contributed by atoms with Crippen molar-refractivity contribution < 1.29 is 9.53 Å². The molecule has 0 bridgehead atoms. The minimum absolute atomic E-state index is 0.105. The lowest BCUT2D eigenvalue weighted by atomic mass is 9.87. The van der Waals surface area contributed by atoms with Crippen LogP contribution in [0.25, 0.3) is 0 Å². The van der Waals surface area contributed by atoms with Gasteiger partial charge in [-0.25, -0.2) is 0 Å². The number of hydrogen-bond donors (Lipinski definition) is 2. The highest BCUT2D eigenvalue weighted by molar-refractivity contribution is 6.32. The standard InChI is InChI=1S/C15H23ClN2O2/c1-15(2,3)9-10(17)7-14(19)18-11-5-6-12(16)13(8-11)20-4/h5-6,8,10H,7,9,17H2,1-4H3,(H,18,19). The minimum atomic E-state index is -0.149. The lowest BCUT2D eigenvalue weighted by Gasteiger charge is -2.22. The van der Waals surface area contributed by atoms with Gasteiger partial charge in [0, 0.05) is 24.2 Å². The number of anilines is 1. The largest absolute Gasteiger partial charge is 0.495 e. The number of amides is 1. The topological polar surface area (TPSA) is 64.3 Å². The molecule has 3 N–H and O–H groups in total. The molecule has 1 aromatic carbocycles. The maximum Gasteiger partial charge on any atom is 0.225 e. The van der Waals surface area contributed by atoms with E-state index >= 15 is 0 Å². The average molecular weight is 299 g/mol. The van der Waals surface area contributed by atoms with Crippen molar-refractivity contribution in [3.05, 3.63) is 23.2 Å². The first-order valence-electron chi connectivity index (χ1n) is 6.60. The summed E-state index contributed by atoms with van der Waals surface area (Å²) in [6, 6.07) is 4.96. The fourth-order valence-electron chi connectivity index (χ4n) is 2.05. The zero-order chi connectivity index (χ0) is 15.3. The molecule has 112 valence electrons. The van der Waals surface area contributed by atoms with Crippen molar-refractivity contribution in [1.29, 1.82) is 0 Å². The maximum absolute atomic E-state index is 11.9. The fourth-order valence-corrected chi connectivity index (χ4v) is 2.24. The molecule has 0 aliphatic carbocycles. The van der Waals surface area contributed by atoms with Gasteiger partial charge in [0.15, 0.2) is 0 Å². The Kier molecular flexibility index (Phi) is 5.84. The van der Waals surface area contributed by atoms with Gasteiger partial charge in [0.1, 0.15) is 5.75 Å². The van der Waals surface area contributed by atoms with Crippen molar-refractivity contribution in [1.82, 2.24) is 0 Å². The molecule has 1 amide bonds. The smallest absolute Gasteiger partial charge is 0.225 e. The van der Waals surface area contributed by atoms with E-state index in [1.54, 1.807) is 18.2 Å². The Balaban J connectivity index is 2.58. The average Bonchev–Trinajstić information content (AvgIpc) is 2.28. The second-order valence-electron chi connectivity index (χ2n) is 6.13. The van der Waals surface area contributed by atoms with Crippen LogP contribution in [0, 0.1) is 5.41 Å². The molecule has 0 saturated heterocycles. The Morgan fingerprint density at radius 1 is 1.45 bits per heavy atom. The number of carbonyl (C=O) groups is 1.